The number of hydrogen-bond acceptors (Lipinski definition) is 9. The molecule has 13 heteroatoms. The predicted octanol–water partition coefficient (Wildman–Crippen LogP) is 1.80. The number of carbonyl (C=O) groups excluding carboxylic acids is 4. The Kier molecular flexibility index (Phi) is 8.24. The maximum absolute atomic E-state index is 12.7. The molecule has 1 aromatic rings. The highest BCUT2D eigenvalue weighted by atomic mass is 35.5. The molecule has 3 rings (SSSR count). The van der Waals surface area contributed by atoms with Crippen molar-refractivity contribution in [2.24, 2.45) is 0 Å². The number of hydrogen-bond donors (Lipinski definition) is 2. The molecule has 2 heterocycles. The van der Waals surface area contributed by atoms with Gasteiger partial charge in [0.05, 0.1) is 5.25 Å². The van der Waals surface area contributed by atoms with Gasteiger partial charge < -0.3 is 15.2 Å². The Hall–Kier alpha value is -3.01. The highest BCUT2D eigenvalue weighted by molar-refractivity contribution is 8.05. The lowest BCUT2D eigenvalue weighted by Gasteiger charge is -2.49. The Morgan fingerprint density at radius 2 is 2.03 bits per heavy atom. The number of carboxylic acids is 1. The number of ketones is 1. The number of nitriles is 1. The zero-order valence-corrected chi connectivity index (χ0v) is 20.0. The number of nitrogens with one attached hydrogen (secondary N) is 1. The maximum atomic E-state index is 12.7. The number of Topliss-reactive ketones (excluding diaryl/α,β-unsaturated/α-hetero) is 1. The number of carbonyl (C=O) groups is 5. The molecule has 10 nitrogen and oxygen atoms in total. The summed E-state index contributed by atoms with van der Waals surface area (Å²) in [7, 11) is 0. The summed E-state index contributed by atoms with van der Waals surface area (Å²) in [5, 5.41) is 21.8. The van der Waals surface area contributed by atoms with Gasteiger partial charge in [0.25, 0.3) is 5.91 Å². The van der Waals surface area contributed by atoms with Gasteiger partial charge in [-0.3, -0.25) is 24.1 Å². The van der Waals surface area contributed by atoms with Crippen LogP contribution in [0.4, 0.5) is 0 Å². The third-order valence-electron chi connectivity index (χ3n) is 5.00. The van der Waals surface area contributed by atoms with Crippen LogP contribution in [0.2, 0.25) is 5.02 Å². The van der Waals surface area contributed by atoms with E-state index in [2.05, 4.69) is 5.32 Å². The summed E-state index contributed by atoms with van der Waals surface area (Å²) in [4.78, 5) is 61.9. The van der Waals surface area contributed by atoms with Gasteiger partial charge in [-0.2, -0.15) is 5.26 Å². The van der Waals surface area contributed by atoms with Gasteiger partial charge in [0.15, 0.2) is 5.78 Å². The first-order chi connectivity index (χ1) is 16.1. The van der Waals surface area contributed by atoms with Crippen LogP contribution in [-0.2, 0) is 23.9 Å². The highest BCUT2D eigenvalue weighted by Gasteiger charge is 2.54. The van der Waals surface area contributed by atoms with E-state index in [-0.39, 0.29) is 35.6 Å². The second-order valence-corrected chi connectivity index (χ2v) is 9.79. The summed E-state index contributed by atoms with van der Waals surface area (Å²) in [6.07, 6.45) is -0.347. The van der Waals surface area contributed by atoms with Gasteiger partial charge in [0, 0.05) is 35.3 Å². The van der Waals surface area contributed by atoms with Gasteiger partial charge >= 0.3 is 11.9 Å². The summed E-state index contributed by atoms with van der Waals surface area (Å²) < 4.78 is 4.88. The standard InChI is InChI=1S/C21H18ClN3O7S2/c1-10(26)32-7-12-8-33-20-16(19(29)25(20)17(12)21(30)31)24-15(27)6-14(34-9-23)18(28)11-2-4-13(22)5-3-11/h2-5,14,16,20H,6-8H2,1H3,(H,24,27)(H,30,31)/t14?,16-,20-/m1/s1. The maximum Gasteiger partial charge on any atom is 0.352 e. The van der Waals surface area contributed by atoms with Crippen LogP contribution in [0.25, 0.3) is 0 Å². The predicted molar refractivity (Wildman–Crippen MR) is 124 cm³/mol. The molecule has 0 saturated carbocycles. The lowest BCUT2D eigenvalue weighted by atomic mass is 10.0. The number of ether oxygens (including phenoxy) is 1. The van der Waals surface area contributed by atoms with Crippen molar-refractivity contribution in [3.05, 3.63) is 46.1 Å². The van der Waals surface area contributed by atoms with Crippen LogP contribution in [-0.4, -0.2) is 68.6 Å². The topological polar surface area (TPSA) is 154 Å². The van der Waals surface area contributed by atoms with Gasteiger partial charge in [0.2, 0.25) is 5.91 Å². The Labute approximate surface area is 207 Å². The van der Waals surface area contributed by atoms with E-state index in [1.165, 1.54) is 43.0 Å². The molecular formula is C21H18ClN3O7S2. The van der Waals surface area contributed by atoms with Crippen LogP contribution in [0.1, 0.15) is 23.7 Å². The minimum atomic E-state index is -1.34. The summed E-state index contributed by atoms with van der Waals surface area (Å²) >= 11 is 7.69. The van der Waals surface area contributed by atoms with E-state index in [9.17, 15) is 29.1 Å². The largest absolute Gasteiger partial charge is 0.477 e. The zero-order valence-electron chi connectivity index (χ0n) is 17.6. The number of benzene rings is 1. The van der Waals surface area contributed by atoms with Crippen molar-refractivity contribution >= 4 is 64.7 Å². The number of carboxylic acid groups (broad SMARTS) is 1. The molecule has 178 valence electrons. The molecular weight excluding hydrogens is 506 g/mol. The Bertz CT molecular complexity index is 1120. The fraction of sp³-hybridized carbons (Fsp3) is 0.333. The number of β-lactam (4-membered cyclic amide) rings is 1. The van der Waals surface area contributed by atoms with Gasteiger partial charge in [-0.15, -0.1) is 11.8 Å². The second kappa shape index (κ2) is 10.9. The highest BCUT2D eigenvalue weighted by Crippen LogP contribution is 2.40. The molecule has 0 bridgehead atoms. The van der Waals surface area contributed by atoms with E-state index in [0.29, 0.717) is 16.8 Å². The number of fused-ring (bicyclic) bond motifs is 1. The molecule has 0 radical (unpaired) electrons. The number of thiocyanates is 1. The Morgan fingerprint density at radius 3 is 2.62 bits per heavy atom. The van der Waals surface area contributed by atoms with Crippen LogP contribution >= 0.6 is 35.1 Å². The van der Waals surface area contributed by atoms with Gasteiger partial charge in [0.1, 0.15) is 29.1 Å². The van der Waals surface area contributed by atoms with Crippen LogP contribution in [0.15, 0.2) is 35.5 Å². The fourth-order valence-corrected chi connectivity index (χ4v) is 5.49. The van der Waals surface area contributed by atoms with Crippen molar-refractivity contribution in [2.75, 3.05) is 12.4 Å². The smallest absolute Gasteiger partial charge is 0.352 e. The average molecular weight is 524 g/mol. The third-order valence-corrected chi connectivity index (χ3v) is 7.37. The first-order valence-electron chi connectivity index (χ1n) is 9.81. The molecule has 1 fully saturated rings. The van der Waals surface area contributed by atoms with Crippen LogP contribution in [0.3, 0.4) is 0 Å². The molecule has 34 heavy (non-hydrogen) atoms. The minimum absolute atomic E-state index is 0.192. The molecule has 3 atom stereocenters. The van der Waals surface area contributed by atoms with E-state index < -0.39 is 46.2 Å². The van der Waals surface area contributed by atoms with Crippen molar-refractivity contribution < 1.29 is 33.8 Å². The third kappa shape index (κ3) is 5.55. The number of esters is 1. The van der Waals surface area contributed by atoms with Crippen LogP contribution in [0, 0.1) is 10.7 Å². The van der Waals surface area contributed by atoms with Gasteiger partial charge in [-0.1, -0.05) is 11.6 Å². The van der Waals surface area contributed by atoms with Crippen molar-refractivity contribution in [2.45, 2.75) is 30.0 Å². The van der Waals surface area contributed by atoms with Gasteiger partial charge in [-0.25, -0.2) is 4.79 Å². The second-order valence-electron chi connectivity index (χ2n) is 7.27. The molecule has 0 spiro atoms. The summed E-state index contributed by atoms with van der Waals surface area (Å²) in [5.74, 6) is -3.42. The molecule has 0 aliphatic carbocycles. The first kappa shape index (κ1) is 25.6. The van der Waals surface area contributed by atoms with Crippen molar-refractivity contribution in [1.29, 1.82) is 5.26 Å². The van der Waals surface area contributed by atoms with E-state index in [1.54, 1.807) is 0 Å². The molecule has 0 aromatic heterocycles. The van der Waals surface area contributed by atoms with Crippen molar-refractivity contribution in [3.63, 3.8) is 0 Å². The summed E-state index contributed by atoms with van der Waals surface area (Å²) in [5.41, 5.74) is 0.299. The van der Waals surface area contributed by atoms with Gasteiger partial charge in [-0.05, 0) is 36.0 Å². The van der Waals surface area contributed by atoms with E-state index in [0.717, 1.165) is 4.90 Å². The molecule has 2 amide bonds. The SMILES string of the molecule is CC(=O)OCC1=C(C(=O)O)N2C(=O)[C@@H](NC(=O)CC(SC#N)C(=O)c3ccc(Cl)cc3)[C@H]2SC1. The average Bonchev–Trinajstić information content (AvgIpc) is 2.80. The molecule has 1 aromatic carbocycles. The van der Waals surface area contributed by atoms with E-state index in [4.69, 9.17) is 21.6 Å². The zero-order chi connectivity index (χ0) is 25.0. The Balaban J connectivity index is 1.68. The number of rotatable bonds is 9. The van der Waals surface area contributed by atoms with Crippen LogP contribution < -0.4 is 5.32 Å². The normalized spacial score (nSPS) is 19.9. The quantitative estimate of drug-likeness (QED) is 0.212. The monoisotopic (exact) mass is 523 g/mol. The molecule has 2 aliphatic heterocycles. The first-order valence-corrected chi connectivity index (χ1v) is 12.1. The molecule has 2 N–H and O–H groups in total. The molecule has 2 aliphatic rings. The van der Waals surface area contributed by atoms with E-state index >= 15 is 0 Å². The summed E-state index contributed by atoms with van der Waals surface area (Å²) in [6, 6.07) is 5.04. The fourth-order valence-electron chi connectivity index (χ4n) is 3.44. The molecule has 1 unspecified atom stereocenters. The number of nitrogens with zero attached hydrogens (tertiary/aromatic N) is 2. The molecule has 1 saturated heterocycles. The summed E-state index contributed by atoms with van der Waals surface area (Å²) in [6.45, 7) is 0.938. The van der Waals surface area contributed by atoms with Crippen molar-refractivity contribution in [1.82, 2.24) is 10.2 Å². The number of halogens is 1. The number of aliphatic carboxylic acids is 1. The van der Waals surface area contributed by atoms with E-state index in [1.807, 2.05) is 5.40 Å². The number of amides is 2. The lowest BCUT2D eigenvalue weighted by Crippen LogP contribution is -2.70. The lowest BCUT2D eigenvalue weighted by molar-refractivity contribution is -0.151. The van der Waals surface area contributed by atoms with Crippen molar-refractivity contribution in [3.8, 4) is 5.40 Å². The Morgan fingerprint density at radius 1 is 1.35 bits per heavy atom. The number of thioether (sulfide) groups is 2. The minimum Gasteiger partial charge on any atom is -0.477 e. The van der Waals surface area contributed by atoms with Crippen LogP contribution in [0.5, 0.6) is 0 Å².